The third-order valence-electron chi connectivity index (χ3n) is 1.16. The summed E-state index contributed by atoms with van der Waals surface area (Å²) < 4.78 is 0.577. The number of halogens is 1. The number of hydrogen-bond donors (Lipinski definition) is 2. The number of carboxylic acids is 1. The first-order valence-electron chi connectivity index (χ1n) is 2.81. The van der Waals surface area contributed by atoms with Crippen LogP contribution in [0.2, 0.25) is 0 Å². The fraction of sp³-hybridized carbons (Fsp3) is 0. The van der Waals surface area contributed by atoms with E-state index in [0.29, 0.717) is 10.2 Å². The van der Waals surface area contributed by atoms with Crippen LogP contribution in [0.1, 0.15) is 10.4 Å². The molecule has 0 aliphatic carbocycles. The molecule has 0 aromatic heterocycles. The molecular formula is C7H5BrNO2Y-. The minimum absolute atomic E-state index is 0. The molecule has 0 unspecified atom stereocenters. The number of nitrogens with two attached hydrogens (primary N) is 1. The average molecular weight is 304 g/mol. The van der Waals surface area contributed by atoms with Crippen molar-refractivity contribution in [2.45, 2.75) is 0 Å². The van der Waals surface area contributed by atoms with Crippen molar-refractivity contribution >= 4 is 27.6 Å². The second-order valence-electron chi connectivity index (χ2n) is 1.96. The topological polar surface area (TPSA) is 63.3 Å². The Kier molecular flexibility index (Phi) is 4.98. The maximum absolute atomic E-state index is 10.4. The van der Waals surface area contributed by atoms with Crippen molar-refractivity contribution in [3.8, 4) is 0 Å². The van der Waals surface area contributed by atoms with Crippen LogP contribution < -0.4 is 5.73 Å². The Labute approximate surface area is 103 Å². The molecular weight excluding hydrogens is 299 g/mol. The number of rotatable bonds is 1. The summed E-state index contributed by atoms with van der Waals surface area (Å²) in [7, 11) is 0. The van der Waals surface area contributed by atoms with Gasteiger partial charge in [-0.05, 0) is 10.2 Å². The largest absolute Gasteiger partial charge is 0.521 e. The predicted octanol–water partition coefficient (Wildman–Crippen LogP) is 1.53. The van der Waals surface area contributed by atoms with Gasteiger partial charge in [0.1, 0.15) is 0 Å². The molecule has 3 N–H and O–H groups in total. The third-order valence-corrected chi connectivity index (χ3v) is 1.85. The first kappa shape index (κ1) is 12.1. The van der Waals surface area contributed by atoms with E-state index in [4.69, 9.17) is 10.8 Å². The van der Waals surface area contributed by atoms with E-state index >= 15 is 0 Å². The fourth-order valence-electron chi connectivity index (χ4n) is 0.600. The van der Waals surface area contributed by atoms with Crippen molar-refractivity contribution in [2.24, 2.45) is 0 Å². The monoisotopic (exact) mass is 303 g/mol. The number of carboxylic acid groups (broad SMARTS) is 1. The van der Waals surface area contributed by atoms with Crippen molar-refractivity contribution in [1.29, 1.82) is 0 Å². The summed E-state index contributed by atoms with van der Waals surface area (Å²) in [5.41, 5.74) is 6.00. The molecule has 3 nitrogen and oxygen atoms in total. The van der Waals surface area contributed by atoms with Crippen LogP contribution in [0.25, 0.3) is 0 Å². The zero-order valence-corrected chi connectivity index (χ0v) is 10.5. The normalized spacial score (nSPS) is 8.75. The van der Waals surface area contributed by atoms with E-state index in [9.17, 15) is 4.79 Å². The Bertz CT molecular complexity index is 303. The molecule has 0 amide bonds. The molecule has 0 saturated heterocycles. The molecule has 0 fully saturated rings. The van der Waals surface area contributed by atoms with Gasteiger partial charge in [-0.2, -0.15) is 0 Å². The molecule has 0 saturated carbocycles. The van der Waals surface area contributed by atoms with Gasteiger partial charge in [0.25, 0.3) is 0 Å². The van der Waals surface area contributed by atoms with Gasteiger partial charge >= 0.3 is 0 Å². The Morgan fingerprint density at radius 1 is 1.67 bits per heavy atom. The molecule has 61 valence electrons. The van der Waals surface area contributed by atoms with E-state index in [-0.39, 0.29) is 38.3 Å². The van der Waals surface area contributed by atoms with Crippen LogP contribution >= 0.6 is 15.9 Å². The van der Waals surface area contributed by atoms with Gasteiger partial charge in [-0.15, -0.1) is 18.2 Å². The number of aromatic carboxylic acids is 1. The van der Waals surface area contributed by atoms with Crippen LogP contribution in [0.5, 0.6) is 0 Å². The van der Waals surface area contributed by atoms with Crippen LogP contribution in [-0.4, -0.2) is 11.1 Å². The molecule has 0 aliphatic heterocycles. The molecule has 5 heteroatoms. The molecule has 0 aliphatic rings. The summed E-state index contributed by atoms with van der Waals surface area (Å²) in [4.78, 5) is 10.4. The maximum atomic E-state index is 10.4. The predicted molar refractivity (Wildman–Crippen MR) is 44.3 cm³/mol. The van der Waals surface area contributed by atoms with Crippen LogP contribution in [0, 0.1) is 6.07 Å². The second-order valence-corrected chi connectivity index (χ2v) is 2.81. The fourth-order valence-corrected chi connectivity index (χ4v) is 0.943. The minimum atomic E-state index is -1.01. The van der Waals surface area contributed by atoms with Gasteiger partial charge in [-0.25, -0.2) is 0 Å². The van der Waals surface area contributed by atoms with Crippen LogP contribution in [0.15, 0.2) is 16.6 Å². The Morgan fingerprint density at radius 3 is 2.67 bits per heavy atom. The number of anilines is 1. The summed E-state index contributed by atoms with van der Waals surface area (Å²) in [6.07, 6.45) is 0. The molecule has 1 aromatic carbocycles. The molecule has 1 radical (unpaired) electrons. The van der Waals surface area contributed by atoms with Crippen molar-refractivity contribution in [3.63, 3.8) is 0 Å². The Balaban J connectivity index is 0.00000121. The maximum Gasteiger partial charge on any atom is 0.247 e. The van der Waals surface area contributed by atoms with E-state index in [1.165, 1.54) is 12.1 Å². The average Bonchev–Trinajstić information content (AvgIpc) is 1.94. The van der Waals surface area contributed by atoms with Gasteiger partial charge in [0.2, 0.25) is 5.97 Å². The van der Waals surface area contributed by atoms with Crippen LogP contribution in [0.3, 0.4) is 0 Å². The first-order valence-corrected chi connectivity index (χ1v) is 3.60. The third kappa shape index (κ3) is 2.85. The van der Waals surface area contributed by atoms with Gasteiger partial charge in [-0.3, -0.25) is 0 Å². The van der Waals surface area contributed by atoms with Crippen LogP contribution in [0.4, 0.5) is 5.69 Å². The molecule has 12 heavy (non-hydrogen) atoms. The van der Waals surface area contributed by atoms with Crippen molar-refractivity contribution < 1.29 is 42.6 Å². The molecule has 1 aromatic rings. The molecule has 0 bridgehead atoms. The summed E-state index contributed by atoms with van der Waals surface area (Å²) in [5, 5.41) is 8.51. The van der Waals surface area contributed by atoms with Gasteiger partial charge in [0.05, 0.1) is 0 Å². The smallest absolute Gasteiger partial charge is 0.247 e. The molecule has 1 rings (SSSR count). The quantitative estimate of drug-likeness (QED) is 0.611. The zero-order valence-electron chi connectivity index (χ0n) is 6.04. The SMILES string of the molecule is Nc1c[c-]c(C(=O)O)cc1Br.[Y]. The molecule has 0 heterocycles. The van der Waals surface area contributed by atoms with Crippen molar-refractivity contribution in [2.75, 3.05) is 5.73 Å². The first-order chi connectivity index (χ1) is 5.11. The van der Waals surface area contributed by atoms with Crippen molar-refractivity contribution in [3.05, 3.63) is 28.2 Å². The summed E-state index contributed by atoms with van der Waals surface area (Å²) in [6.45, 7) is 0. The summed E-state index contributed by atoms with van der Waals surface area (Å²) in [6, 6.07) is 5.36. The number of carbonyl (C=O) groups is 1. The molecule has 0 atom stereocenters. The second kappa shape index (κ2) is 4.95. The standard InChI is InChI=1S/C7H5BrNO2.Y/c8-5-3-4(7(10)11)1-2-6(5)9;/h2-3H,9H2,(H,10,11);/q-1;. The van der Waals surface area contributed by atoms with E-state index < -0.39 is 5.97 Å². The Hall–Kier alpha value is 0.0739. The zero-order chi connectivity index (χ0) is 8.43. The van der Waals surface area contributed by atoms with E-state index in [2.05, 4.69) is 22.0 Å². The Morgan fingerprint density at radius 2 is 2.25 bits per heavy atom. The van der Waals surface area contributed by atoms with Gasteiger partial charge in [-0.1, -0.05) is 21.5 Å². The number of hydrogen-bond acceptors (Lipinski definition) is 2. The van der Waals surface area contributed by atoms with Gasteiger partial charge < -0.3 is 15.6 Å². The van der Waals surface area contributed by atoms with Gasteiger partial charge in [0, 0.05) is 32.7 Å². The van der Waals surface area contributed by atoms with Crippen molar-refractivity contribution in [1.82, 2.24) is 0 Å². The van der Waals surface area contributed by atoms with E-state index in [1.54, 1.807) is 0 Å². The summed E-state index contributed by atoms with van der Waals surface area (Å²) >= 11 is 3.11. The van der Waals surface area contributed by atoms with Gasteiger partial charge in [0.15, 0.2) is 0 Å². The van der Waals surface area contributed by atoms with E-state index in [0.717, 1.165) is 0 Å². The number of benzene rings is 1. The molecule has 0 spiro atoms. The minimum Gasteiger partial charge on any atom is -0.521 e. The van der Waals surface area contributed by atoms with E-state index in [1.807, 2.05) is 0 Å². The number of nitrogen functional groups attached to an aromatic ring is 1. The summed E-state index contributed by atoms with van der Waals surface area (Å²) in [5.74, 6) is -1.01. The van der Waals surface area contributed by atoms with Crippen LogP contribution in [-0.2, 0) is 32.7 Å².